The van der Waals surface area contributed by atoms with Gasteiger partial charge in [0, 0.05) is 35.3 Å². The van der Waals surface area contributed by atoms with E-state index in [0.29, 0.717) is 17.4 Å². The number of aliphatic carboxylic acids is 1. The minimum absolute atomic E-state index is 0.0640. The summed E-state index contributed by atoms with van der Waals surface area (Å²) < 4.78 is 10.3. The van der Waals surface area contributed by atoms with Gasteiger partial charge in [0.05, 0.1) is 58.7 Å². The van der Waals surface area contributed by atoms with E-state index in [9.17, 15) is 14.4 Å². The number of unbranched alkanes of at least 4 members (excludes halogenated alkanes) is 10. The topological polar surface area (TPSA) is 236 Å². The Bertz CT molecular complexity index is 2480. The summed E-state index contributed by atoms with van der Waals surface area (Å²) >= 11 is 1.87. The van der Waals surface area contributed by atoms with Crippen LogP contribution in [0.1, 0.15) is 95.7 Å². The number of fused-ring (bicyclic) bond motifs is 6. The Hall–Kier alpha value is -5.76. The second kappa shape index (κ2) is 26.9. The number of hydrogen-bond donors (Lipinski definition) is 6. The van der Waals surface area contributed by atoms with Gasteiger partial charge in [-0.15, -0.1) is 0 Å². The first kappa shape index (κ1) is 48.7. The molecule has 9 rings (SSSR count). The van der Waals surface area contributed by atoms with Crippen LogP contribution in [0.15, 0.2) is 105 Å². The van der Waals surface area contributed by atoms with Gasteiger partial charge in [0.15, 0.2) is 0 Å². The number of carbonyl (C=O) groups is 2. The number of carbonyl (C=O) groups excluding carboxylic acids is 1. The number of nitrogens with one attached hydrogen (secondary N) is 4. The van der Waals surface area contributed by atoms with Gasteiger partial charge in [-0.3, -0.25) is 4.79 Å². The Kier molecular flexibility index (Phi) is 20.1. The van der Waals surface area contributed by atoms with Crippen LogP contribution >= 0.6 is 11.8 Å². The largest absolute Gasteiger partial charge is 0.481 e. The van der Waals surface area contributed by atoms with Crippen LogP contribution in [0, 0.1) is 0 Å². The van der Waals surface area contributed by atoms with Crippen LogP contribution in [0.5, 0.6) is 0 Å². The Morgan fingerprint density at radius 1 is 0.785 bits per heavy atom. The smallest absolute Gasteiger partial charge is 0.336 e. The monoisotopic (exact) mass is 914 g/mol. The summed E-state index contributed by atoms with van der Waals surface area (Å²) in [6.45, 7) is 0.425. The molecule has 0 saturated carbocycles. The van der Waals surface area contributed by atoms with E-state index < -0.39 is 5.97 Å². The van der Waals surface area contributed by atoms with Gasteiger partial charge in [0.25, 0.3) is 0 Å². The number of imidazole rings is 2. The number of thioether (sulfide) groups is 1. The second-order valence-electron chi connectivity index (χ2n) is 15.8. The number of H-pyrrole nitrogens is 2. The number of para-hydroxylation sites is 4. The van der Waals surface area contributed by atoms with Crippen LogP contribution in [0.25, 0.3) is 44.0 Å². The first-order chi connectivity index (χ1) is 31.9. The quantitative estimate of drug-likeness (QED) is 0.0129. The van der Waals surface area contributed by atoms with Gasteiger partial charge in [-0.1, -0.05) is 82.1 Å². The second-order valence-corrected chi connectivity index (χ2v) is 17.0. The molecule has 17 nitrogen and oxygen atoms in total. The standard InChI is InChI=1S/C19H30N2O5.C11H6O3.C10H16N2O3S.C7H6N2/c22-24-26-25-23-16-12-8-6-4-2-1-3-5-7-9-15-19-20-17-13-10-11-14-18(17)21-19;12-10-4-2-7-1-3-9-8(5-6-13-9)11(7)14-10;13-8(14)4-2-1-3-7-9-6(5-16-7)11-10(15)12-9;1-2-4-7-6(3-1)8-5-9-7/h10-11,13-14,22H,1-9,12,15-16H2,(H,20,21);1-6H;6-7,9H,1-5H2,(H,13,14)(H2,11,12,15);1-5H,(H,8,9)/t;;6-,7-,9-;/m..0./s1. The molecule has 2 saturated heterocycles. The van der Waals surface area contributed by atoms with Crippen molar-refractivity contribution in [3.63, 3.8) is 0 Å². The average molecular weight is 915 g/mol. The van der Waals surface area contributed by atoms with Crippen LogP contribution in [-0.4, -0.2) is 72.0 Å². The number of aromatic nitrogens is 4. The van der Waals surface area contributed by atoms with Crippen LogP contribution in [0.2, 0.25) is 0 Å². The summed E-state index contributed by atoms with van der Waals surface area (Å²) in [5, 5.41) is 35.3. The minimum Gasteiger partial charge on any atom is -0.481 e. The maximum absolute atomic E-state index is 11.1. The summed E-state index contributed by atoms with van der Waals surface area (Å²) in [5.41, 5.74) is 5.29. The van der Waals surface area contributed by atoms with Crippen LogP contribution < -0.4 is 16.3 Å². The molecule has 18 heteroatoms. The predicted molar refractivity (Wildman–Crippen MR) is 248 cm³/mol. The third-order valence-corrected chi connectivity index (χ3v) is 12.6. The maximum atomic E-state index is 11.1. The first-order valence-corrected chi connectivity index (χ1v) is 23.3. The number of furan rings is 1. The van der Waals surface area contributed by atoms with Crippen molar-refractivity contribution in [3.8, 4) is 0 Å². The van der Waals surface area contributed by atoms with Gasteiger partial charge < -0.3 is 34.5 Å². The molecule has 2 aliphatic rings. The lowest BCUT2D eigenvalue weighted by atomic mass is 10.0. The maximum Gasteiger partial charge on any atom is 0.336 e. The number of carboxylic acid groups (broad SMARTS) is 1. The SMILES string of the molecule is O=C(O)CCCC[C@@H]1SC[C@@H]2NC(=O)N[C@@H]21.O=c1ccc2ccc3occc3c2o1.OOOOOCCCCCCCCCCCCc1nc2ccccc2[nH]1.c1ccc2[nH]cnc2c1. The molecule has 6 heterocycles. The summed E-state index contributed by atoms with van der Waals surface area (Å²) in [6, 6.07) is 25.2. The third-order valence-electron chi connectivity index (χ3n) is 11.0. The van der Waals surface area contributed by atoms with E-state index in [2.05, 4.69) is 62.7 Å². The van der Waals surface area contributed by atoms with Crippen LogP contribution in [-0.2, 0) is 31.2 Å². The molecule has 3 atom stereocenters. The highest BCUT2D eigenvalue weighted by Gasteiger charge is 2.42. The highest BCUT2D eigenvalue weighted by molar-refractivity contribution is 8.00. The number of benzene rings is 3. The van der Waals surface area contributed by atoms with E-state index in [-0.39, 0.29) is 30.2 Å². The number of urea groups is 1. The fraction of sp³-hybridized carbons (Fsp3) is 0.426. The van der Waals surface area contributed by atoms with Crippen molar-refractivity contribution in [2.75, 3.05) is 12.4 Å². The number of amides is 2. The van der Waals surface area contributed by atoms with Gasteiger partial charge in [0.2, 0.25) is 0 Å². The average Bonchev–Trinajstić information content (AvgIpc) is 4.17. The Labute approximate surface area is 379 Å². The Balaban J connectivity index is 0.000000153. The molecule has 3 aromatic carbocycles. The molecule has 348 valence electrons. The zero-order chi connectivity index (χ0) is 45.5. The van der Waals surface area contributed by atoms with Crippen LogP contribution in [0.3, 0.4) is 0 Å². The van der Waals surface area contributed by atoms with Gasteiger partial charge >= 0.3 is 17.6 Å². The zero-order valence-electron chi connectivity index (χ0n) is 36.3. The van der Waals surface area contributed by atoms with E-state index in [0.717, 1.165) is 88.5 Å². The van der Waals surface area contributed by atoms with E-state index in [1.807, 2.05) is 60.3 Å². The summed E-state index contributed by atoms with van der Waals surface area (Å²) in [7, 11) is 0. The first-order valence-electron chi connectivity index (χ1n) is 22.3. The number of carboxylic acids is 1. The van der Waals surface area contributed by atoms with Gasteiger partial charge in [-0.25, -0.2) is 29.7 Å². The van der Waals surface area contributed by atoms with Crippen molar-refractivity contribution >= 4 is 67.8 Å². The van der Waals surface area contributed by atoms with Gasteiger partial charge in [-0.2, -0.15) is 11.8 Å². The number of nitrogens with zero attached hydrogens (tertiary/aromatic N) is 2. The minimum atomic E-state index is -0.729. The summed E-state index contributed by atoms with van der Waals surface area (Å²) in [4.78, 5) is 52.2. The van der Waals surface area contributed by atoms with Crippen molar-refractivity contribution in [1.82, 2.24) is 30.6 Å². The highest BCUT2D eigenvalue weighted by atomic mass is 32.2. The molecule has 0 aliphatic carbocycles. The van der Waals surface area contributed by atoms with Crippen molar-refractivity contribution in [2.45, 2.75) is 114 Å². The molecule has 0 spiro atoms. The van der Waals surface area contributed by atoms with Crippen molar-refractivity contribution < 1.29 is 48.8 Å². The predicted octanol–water partition coefficient (Wildman–Crippen LogP) is 10.2. The molecular weight excluding hydrogens is 857 g/mol. The Morgan fingerprint density at radius 3 is 2.26 bits per heavy atom. The molecule has 4 aromatic heterocycles. The zero-order valence-corrected chi connectivity index (χ0v) is 37.1. The summed E-state index contributed by atoms with van der Waals surface area (Å²) in [5.74, 6) is 1.34. The molecule has 0 radical (unpaired) electrons. The van der Waals surface area contributed by atoms with Gasteiger partial charge in [-0.05, 0) is 89.3 Å². The van der Waals surface area contributed by atoms with Crippen molar-refractivity contribution in [1.29, 1.82) is 0 Å². The number of aromatic amines is 2. The van der Waals surface area contributed by atoms with E-state index in [1.165, 1.54) is 57.4 Å². The van der Waals surface area contributed by atoms with Crippen molar-refractivity contribution in [2.24, 2.45) is 0 Å². The number of aryl methyl sites for hydroxylation is 1. The molecule has 2 aliphatic heterocycles. The lowest BCUT2D eigenvalue weighted by Gasteiger charge is -2.16. The summed E-state index contributed by atoms with van der Waals surface area (Å²) in [6.07, 6.45) is 19.4. The van der Waals surface area contributed by atoms with Gasteiger partial charge in [0.1, 0.15) is 17.0 Å². The Morgan fingerprint density at radius 2 is 1.51 bits per heavy atom. The molecule has 2 amide bonds. The number of hydrogen-bond acceptors (Lipinski definition) is 13. The van der Waals surface area contributed by atoms with Crippen molar-refractivity contribution in [3.05, 3.63) is 108 Å². The highest BCUT2D eigenvalue weighted by Crippen LogP contribution is 2.33. The molecule has 7 aromatic rings. The fourth-order valence-corrected chi connectivity index (χ4v) is 9.32. The lowest BCUT2D eigenvalue weighted by molar-refractivity contribution is -0.702. The third kappa shape index (κ3) is 16.0. The molecule has 0 unspecified atom stereocenters. The molecular formula is C47H58N6O11S. The molecule has 0 bridgehead atoms. The van der Waals surface area contributed by atoms with E-state index in [4.69, 9.17) is 19.2 Å². The normalized spacial score (nSPS) is 16.3. The van der Waals surface area contributed by atoms with E-state index in [1.54, 1.807) is 24.7 Å². The van der Waals surface area contributed by atoms with E-state index >= 15 is 0 Å². The molecule has 65 heavy (non-hydrogen) atoms. The van der Waals surface area contributed by atoms with Crippen LogP contribution in [0.4, 0.5) is 4.79 Å². The fourth-order valence-electron chi connectivity index (χ4n) is 7.77. The molecule has 2 fully saturated rings. The lowest BCUT2D eigenvalue weighted by Crippen LogP contribution is -2.36. The molecule has 6 N–H and O–H groups in total. The number of rotatable bonds is 21.